The second kappa shape index (κ2) is 15.0. The molecule has 16 heteroatoms. The van der Waals surface area contributed by atoms with Crippen LogP contribution in [0.15, 0.2) is 89.9 Å². The highest BCUT2D eigenvalue weighted by molar-refractivity contribution is 6.47. The number of anilines is 2. The van der Waals surface area contributed by atoms with Crippen LogP contribution >= 0.6 is 0 Å². The molecule has 2 unspecified atom stereocenters. The number of nitrogens with one attached hydrogen (secondary N) is 4. The lowest BCUT2D eigenvalue weighted by Gasteiger charge is -2.63. The van der Waals surface area contributed by atoms with Crippen LogP contribution in [0.25, 0.3) is 0 Å². The Morgan fingerprint density at radius 1 is 1.00 bits per heavy atom. The highest BCUT2D eigenvalue weighted by Gasteiger charge is 2.67. The summed E-state index contributed by atoms with van der Waals surface area (Å²) in [4.78, 5) is 47.0. The molecule has 12 nitrogen and oxygen atoms in total. The van der Waals surface area contributed by atoms with Crippen molar-refractivity contribution in [2.75, 3.05) is 10.6 Å². The van der Waals surface area contributed by atoms with Gasteiger partial charge in [-0.25, -0.2) is 9.78 Å². The summed E-state index contributed by atoms with van der Waals surface area (Å²) < 4.78 is 60.7. The van der Waals surface area contributed by atoms with Crippen molar-refractivity contribution in [1.29, 1.82) is 0 Å². The second-order valence-electron chi connectivity index (χ2n) is 17.2. The van der Waals surface area contributed by atoms with Gasteiger partial charge in [-0.3, -0.25) is 14.2 Å². The molecule has 3 saturated carbocycles. The SMILES string of the molecule is CC[C@H](NC(=O)[C@@H]1C[C@@](C)(NC(=O)Nc2cccc(Oc3ccccc3)c2)c2ncc(NCc3cccc(C(F)(F)F)c3)c(=O)n21)B1O[C@@H]2C3CC(C[C@]2(C)O1)C3(C)C. The van der Waals surface area contributed by atoms with Crippen molar-refractivity contribution < 1.29 is 36.8 Å². The van der Waals surface area contributed by atoms with E-state index in [9.17, 15) is 27.6 Å². The Balaban J connectivity index is 1.04. The lowest BCUT2D eigenvalue weighted by Crippen LogP contribution is -2.63. The molecule has 1 saturated heterocycles. The van der Waals surface area contributed by atoms with Crippen LogP contribution in [0.5, 0.6) is 11.5 Å². The molecule has 4 aromatic rings. The molecule has 3 aliphatic carbocycles. The molecule has 0 spiro atoms. The van der Waals surface area contributed by atoms with Crippen LogP contribution in [0.2, 0.25) is 0 Å². The number of urea groups is 1. The highest BCUT2D eigenvalue weighted by atomic mass is 19.4. The number of hydrogen-bond donors (Lipinski definition) is 4. The number of carbonyl (C=O) groups excluding carboxylic acids is 2. The predicted molar refractivity (Wildman–Crippen MR) is 216 cm³/mol. The van der Waals surface area contributed by atoms with Crippen molar-refractivity contribution in [2.45, 2.75) is 102 Å². The number of rotatable bonds is 11. The number of carbonyl (C=O) groups is 2. The number of para-hydroxylation sites is 1. The number of hydrogen-bond acceptors (Lipinski definition) is 8. The Morgan fingerprint density at radius 2 is 1.75 bits per heavy atom. The summed E-state index contributed by atoms with van der Waals surface area (Å²) in [6, 6.07) is 19.1. The van der Waals surface area contributed by atoms with Crippen molar-refractivity contribution in [1.82, 2.24) is 20.2 Å². The molecule has 3 amide bonds. The number of halogens is 3. The van der Waals surface area contributed by atoms with Crippen molar-refractivity contribution in [2.24, 2.45) is 17.3 Å². The third-order valence-electron chi connectivity index (χ3n) is 12.8. The van der Waals surface area contributed by atoms with Crippen molar-refractivity contribution in [3.63, 3.8) is 0 Å². The van der Waals surface area contributed by atoms with Crippen molar-refractivity contribution in [3.8, 4) is 11.5 Å². The number of nitrogens with zero attached hydrogens (tertiary/aromatic N) is 2. The molecule has 59 heavy (non-hydrogen) atoms. The molecule has 5 aliphatic rings. The lowest BCUT2D eigenvalue weighted by atomic mass is 9.45. The third-order valence-corrected chi connectivity index (χ3v) is 12.8. The lowest BCUT2D eigenvalue weighted by molar-refractivity contribution is -0.185. The van der Waals surface area contributed by atoms with Gasteiger partial charge in [0, 0.05) is 24.7 Å². The van der Waals surface area contributed by atoms with Crippen molar-refractivity contribution in [3.05, 3.63) is 112 Å². The molecule has 4 fully saturated rings. The molecule has 7 atom stereocenters. The summed E-state index contributed by atoms with van der Waals surface area (Å²) in [6.07, 6.45) is -0.987. The number of benzene rings is 3. The average Bonchev–Trinajstić information content (AvgIpc) is 3.71. The van der Waals surface area contributed by atoms with Gasteiger partial charge in [0.2, 0.25) is 5.91 Å². The molecule has 3 heterocycles. The molecule has 3 aromatic carbocycles. The van der Waals surface area contributed by atoms with Gasteiger partial charge in [0.05, 0.1) is 34.9 Å². The van der Waals surface area contributed by atoms with Crippen LogP contribution < -0.4 is 31.6 Å². The largest absolute Gasteiger partial charge is 0.481 e. The molecule has 310 valence electrons. The minimum atomic E-state index is -4.54. The number of aromatic nitrogens is 2. The van der Waals surface area contributed by atoms with Gasteiger partial charge in [0.25, 0.3) is 5.56 Å². The molecule has 2 aliphatic heterocycles. The van der Waals surface area contributed by atoms with Gasteiger partial charge in [-0.15, -0.1) is 0 Å². The number of fused-ring (bicyclic) bond motifs is 1. The summed E-state index contributed by atoms with van der Waals surface area (Å²) in [5.74, 6) is 1.08. The highest BCUT2D eigenvalue weighted by Crippen LogP contribution is 2.64. The first-order valence-electron chi connectivity index (χ1n) is 20.1. The van der Waals surface area contributed by atoms with E-state index in [1.165, 1.54) is 22.9 Å². The van der Waals surface area contributed by atoms with E-state index in [1.54, 1.807) is 31.2 Å². The zero-order valence-electron chi connectivity index (χ0n) is 33.6. The summed E-state index contributed by atoms with van der Waals surface area (Å²) in [7, 11) is -0.706. The Kier molecular flexibility index (Phi) is 10.3. The molecule has 9 rings (SSSR count). The van der Waals surface area contributed by atoms with E-state index in [0.29, 0.717) is 35.4 Å². The number of ether oxygens (including phenoxy) is 1. The maximum Gasteiger partial charge on any atom is 0.481 e. The van der Waals surface area contributed by atoms with Gasteiger partial charge in [-0.2, -0.15) is 13.2 Å². The van der Waals surface area contributed by atoms with E-state index in [-0.39, 0.29) is 41.6 Å². The first-order valence-corrected chi connectivity index (χ1v) is 20.1. The van der Waals surface area contributed by atoms with Gasteiger partial charge in [0.15, 0.2) is 0 Å². The van der Waals surface area contributed by atoms with Gasteiger partial charge >= 0.3 is 19.3 Å². The van der Waals surface area contributed by atoms with Crippen LogP contribution in [-0.4, -0.2) is 46.3 Å². The maximum atomic E-state index is 14.5. The van der Waals surface area contributed by atoms with Gasteiger partial charge in [-0.05, 0) is 92.3 Å². The van der Waals surface area contributed by atoms with Crippen LogP contribution in [0.3, 0.4) is 0 Å². The van der Waals surface area contributed by atoms with Crippen LogP contribution in [0.1, 0.15) is 83.3 Å². The molecular formula is C43H48BF3N6O6. The van der Waals surface area contributed by atoms with E-state index in [1.807, 2.05) is 37.3 Å². The normalized spacial score (nSPS) is 26.8. The Bertz CT molecular complexity index is 2310. The predicted octanol–water partition coefficient (Wildman–Crippen LogP) is 7.81. The van der Waals surface area contributed by atoms with Crippen LogP contribution in [0, 0.1) is 17.3 Å². The fourth-order valence-electron chi connectivity index (χ4n) is 9.46. The topological polar surface area (TPSA) is 145 Å². The number of amides is 3. The second-order valence-corrected chi connectivity index (χ2v) is 17.2. The van der Waals surface area contributed by atoms with Crippen LogP contribution in [-0.2, 0) is 32.4 Å². The molecule has 1 aromatic heterocycles. The first-order chi connectivity index (χ1) is 28.0. The monoisotopic (exact) mass is 812 g/mol. The van der Waals surface area contributed by atoms with E-state index >= 15 is 0 Å². The maximum absolute atomic E-state index is 14.5. The summed E-state index contributed by atoms with van der Waals surface area (Å²) >= 11 is 0. The number of alkyl halides is 3. The Hall–Kier alpha value is -5.35. The van der Waals surface area contributed by atoms with E-state index in [0.717, 1.165) is 25.0 Å². The Morgan fingerprint density at radius 3 is 2.47 bits per heavy atom. The minimum absolute atomic E-state index is 0.0269. The smallest absolute Gasteiger partial charge is 0.457 e. The van der Waals surface area contributed by atoms with Crippen molar-refractivity contribution >= 4 is 30.4 Å². The van der Waals surface area contributed by atoms with E-state index in [4.69, 9.17) is 14.0 Å². The first kappa shape index (κ1) is 40.4. The van der Waals surface area contributed by atoms with E-state index < -0.39 is 59.5 Å². The van der Waals surface area contributed by atoms with Gasteiger partial charge in [0.1, 0.15) is 29.1 Å². The van der Waals surface area contributed by atoms with Crippen LogP contribution in [0.4, 0.5) is 29.3 Å². The quantitative estimate of drug-likeness (QED) is 0.112. The average molecular weight is 813 g/mol. The minimum Gasteiger partial charge on any atom is -0.457 e. The fourth-order valence-corrected chi connectivity index (χ4v) is 9.46. The fraction of sp³-hybridized carbons (Fsp3) is 0.442. The molecular weight excluding hydrogens is 764 g/mol. The molecule has 0 radical (unpaired) electrons. The molecule has 4 N–H and O–H groups in total. The standard InChI is InChI=1S/C43H48BF3N6O6/c1-6-34(44-58-35-31-19-27(40(31,2)3)21-42(35,5)59-44)51-36(54)33-22-41(4,52-39(56)50-28-14-11-17-30(20-28)57-29-15-8-7-9-16-29)38-49-24-32(37(55)53(33)38)48-23-25-12-10-13-26(18-25)43(45,46)47/h7-18,20,24,27,31,33-35,48H,6,19,21-23H2,1-5H3,(H,51,54)(H2,50,52,56)/t27?,31?,33-,34-,35+,41+,42-/m0/s1. The van der Waals surface area contributed by atoms with Gasteiger partial charge < -0.3 is 35.3 Å². The molecule has 2 bridgehead atoms. The summed E-state index contributed by atoms with van der Waals surface area (Å²) in [5.41, 5.74) is -2.40. The zero-order valence-corrected chi connectivity index (χ0v) is 33.6. The summed E-state index contributed by atoms with van der Waals surface area (Å²) in [5, 5.41) is 11.8. The van der Waals surface area contributed by atoms with Gasteiger partial charge in [-0.1, -0.05) is 57.2 Å². The third kappa shape index (κ3) is 7.68. The summed E-state index contributed by atoms with van der Waals surface area (Å²) in [6.45, 7) is 10.1. The Labute approximate surface area is 340 Å². The van der Waals surface area contributed by atoms with E-state index in [2.05, 4.69) is 47.0 Å². The zero-order chi connectivity index (χ0) is 41.9.